The Morgan fingerprint density at radius 2 is 0.857 bits per heavy atom. The van der Waals surface area contributed by atoms with Crippen LogP contribution in [0, 0.1) is 0 Å². The molecular weight excluding hydrogens is 393 g/mol. The highest BCUT2D eigenvalue weighted by atomic mass is 35.5. The first-order valence-corrected chi connectivity index (χ1v) is 9.46. The molecule has 1 aromatic carbocycles. The molecule has 0 atom stereocenters. The summed E-state index contributed by atoms with van der Waals surface area (Å²) in [6, 6.07) is 8.74. The number of rotatable bonds is 0. The van der Waals surface area contributed by atoms with Crippen LogP contribution in [0.2, 0.25) is 0 Å². The lowest BCUT2D eigenvalue weighted by Gasteiger charge is -2.37. The number of halogens is 6. The van der Waals surface area contributed by atoms with Crippen molar-refractivity contribution in [1.82, 2.24) is 0 Å². The van der Waals surface area contributed by atoms with E-state index in [2.05, 4.69) is 24.3 Å². The Kier molecular flexibility index (Phi) is 7.12. The molecule has 0 N–H and O–H groups in total. The van der Waals surface area contributed by atoms with Gasteiger partial charge in [0.05, 0.1) is 32.3 Å². The van der Waals surface area contributed by atoms with Gasteiger partial charge in [-0.25, -0.2) is 0 Å². The molecule has 0 radical (unpaired) electrons. The minimum atomic E-state index is -0.437. The number of fused-ring (bicyclic) bond motifs is 1. The molecule has 0 unspecified atom stereocenters. The summed E-state index contributed by atoms with van der Waals surface area (Å²) in [4.78, 5) is 0. The summed E-state index contributed by atoms with van der Waals surface area (Å²) < 4.78 is 0. The second-order valence-corrected chi connectivity index (χ2v) is 8.31. The predicted octanol–water partition coefficient (Wildman–Crippen LogP) is 5.82. The second kappa shape index (κ2) is 8.18. The van der Waals surface area contributed by atoms with Gasteiger partial charge in [0.2, 0.25) is 0 Å². The fourth-order valence-electron chi connectivity index (χ4n) is 2.57. The van der Waals surface area contributed by atoms with Gasteiger partial charge in [-0.05, 0) is 30.4 Å². The average molecular weight is 409 g/mol. The van der Waals surface area contributed by atoms with Crippen LogP contribution in [-0.2, 0) is 12.8 Å². The summed E-state index contributed by atoms with van der Waals surface area (Å²) in [5.74, 6) is 0. The van der Waals surface area contributed by atoms with E-state index < -0.39 is 32.3 Å². The monoisotopic (exact) mass is 406 g/mol. The predicted molar refractivity (Wildman–Crippen MR) is 96.3 cm³/mol. The maximum atomic E-state index is 5.88. The van der Waals surface area contributed by atoms with Crippen molar-refractivity contribution in [2.45, 2.75) is 51.5 Å². The maximum absolute atomic E-state index is 5.88. The quantitative estimate of drug-likeness (QED) is 0.474. The van der Waals surface area contributed by atoms with Crippen molar-refractivity contribution in [3.8, 4) is 0 Å². The van der Waals surface area contributed by atoms with Crippen LogP contribution in [-0.4, -0.2) is 32.3 Å². The molecule has 21 heavy (non-hydrogen) atoms. The summed E-state index contributed by atoms with van der Waals surface area (Å²) in [5, 5.41) is -2.62. The van der Waals surface area contributed by atoms with E-state index in [1.807, 2.05) is 0 Å². The molecule has 0 aliphatic heterocycles. The van der Waals surface area contributed by atoms with Crippen molar-refractivity contribution in [2.75, 3.05) is 0 Å². The molecule has 1 fully saturated rings. The number of hydrogen-bond acceptors (Lipinski definition) is 0. The number of hydrogen-bond donors (Lipinski definition) is 0. The van der Waals surface area contributed by atoms with E-state index in [0.29, 0.717) is 0 Å². The molecule has 3 rings (SSSR count). The lowest BCUT2D eigenvalue weighted by molar-refractivity contribution is 0.544. The largest absolute Gasteiger partial charge is 0.120 e. The number of benzene rings is 1. The SMILES string of the molecule is ClC1C(Cl)C(Cl)C(Cl)C(Cl)C1Cl.c1ccc2c(c1)CCC2. The zero-order valence-electron chi connectivity index (χ0n) is 11.2. The minimum Gasteiger partial charge on any atom is -0.120 e. The van der Waals surface area contributed by atoms with Crippen LogP contribution in [0.15, 0.2) is 24.3 Å². The van der Waals surface area contributed by atoms with Gasteiger partial charge in [-0.2, -0.15) is 0 Å². The Morgan fingerprint density at radius 1 is 0.571 bits per heavy atom. The van der Waals surface area contributed by atoms with E-state index in [1.54, 1.807) is 11.1 Å². The number of alkyl halides is 6. The first-order chi connectivity index (χ1) is 9.93. The zero-order valence-corrected chi connectivity index (χ0v) is 15.7. The fraction of sp³-hybridized carbons (Fsp3) is 0.600. The summed E-state index contributed by atoms with van der Waals surface area (Å²) in [7, 11) is 0. The van der Waals surface area contributed by atoms with E-state index in [4.69, 9.17) is 69.6 Å². The average Bonchev–Trinajstić information content (AvgIpc) is 2.98. The summed E-state index contributed by atoms with van der Waals surface area (Å²) in [5.41, 5.74) is 3.13. The molecular formula is C15H16Cl6. The van der Waals surface area contributed by atoms with Crippen molar-refractivity contribution >= 4 is 69.6 Å². The Hall–Kier alpha value is 0.960. The van der Waals surface area contributed by atoms with Gasteiger partial charge in [0.15, 0.2) is 0 Å². The molecule has 1 aromatic rings. The fourth-order valence-corrected chi connectivity index (χ4v) is 4.90. The standard InChI is InChI=1S/C9H10.C6H6Cl6/c1-2-5-9-7-3-6-8(9)4-1;7-1-2(8)4(10)6(12)5(11)3(1)9/h1-2,4-5H,3,6-7H2;1-6H. The third-order valence-corrected chi connectivity index (χ3v) is 7.87. The maximum Gasteiger partial charge on any atom is 0.0693 e. The molecule has 6 heteroatoms. The molecule has 2 aliphatic carbocycles. The van der Waals surface area contributed by atoms with E-state index in [0.717, 1.165) is 0 Å². The topological polar surface area (TPSA) is 0 Å². The summed E-state index contributed by atoms with van der Waals surface area (Å²) >= 11 is 35.3. The second-order valence-electron chi connectivity index (χ2n) is 5.29. The van der Waals surface area contributed by atoms with Gasteiger partial charge in [-0.15, -0.1) is 69.6 Å². The van der Waals surface area contributed by atoms with Gasteiger partial charge < -0.3 is 0 Å². The summed E-state index contributed by atoms with van der Waals surface area (Å²) in [6.07, 6.45) is 3.96. The van der Waals surface area contributed by atoms with Crippen LogP contribution in [0.4, 0.5) is 0 Å². The highest BCUT2D eigenvalue weighted by Crippen LogP contribution is 2.39. The zero-order chi connectivity index (χ0) is 15.6. The highest BCUT2D eigenvalue weighted by Gasteiger charge is 2.46. The Morgan fingerprint density at radius 3 is 1.14 bits per heavy atom. The van der Waals surface area contributed by atoms with Crippen molar-refractivity contribution in [1.29, 1.82) is 0 Å². The van der Waals surface area contributed by atoms with Crippen LogP contribution in [0.1, 0.15) is 17.5 Å². The third-order valence-electron chi connectivity index (χ3n) is 3.84. The highest BCUT2D eigenvalue weighted by molar-refractivity contribution is 6.45. The van der Waals surface area contributed by atoms with Gasteiger partial charge in [0.1, 0.15) is 0 Å². The van der Waals surface area contributed by atoms with Crippen molar-refractivity contribution in [3.63, 3.8) is 0 Å². The van der Waals surface area contributed by atoms with Crippen molar-refractivity contribution in [3.05, 3.63) is 35.4 Å². The molecule has 2 aliphatic rings. The molecule has 0 nitrogen and oxygen atoms in total. The Bertz CT molecular complexity index is 384. The smallest absolute Gasteiger partial charge is 0.0693 e. The molecule has 1 saturated carbocycles. The van der Waals surface area contributed by atoms with E-state index in [-0.39, 0.29) is 0 Å². The van der Waals surface area contributed by atoms with Crippen LogP contribution < -0.4 is 0 Å². The van der Waals surface area contributed by atoms with Crippen LogP contribution in [0.25, 0.3) is 0 Å². The molecule has 118 valence electrons. The first-order valence-electron chi connectivity index (χ1n) is 6.84. The van der Waals surface area contributed by atoms with Gasteiger partial charge in [0, 0.05) is 0 Å². The molecule has 0 amide bonds. The molecule has 0 saturated heterocycles. The Labute approximate surface area is 156 Å². The lowest BCUT2D eigenvalue weighted by atomic mass is 9.97. The van der Waals surface area contributed by atoms with E-state index in [9.17, 15) is 0 Å². The Balaban J connectivity index is 0.000000159. The van der Waals surface area contributed by atoms with E-state index in [1.165, 1.54) is 19.3 Å². The minimum absolute atomic E-state index is 0.437. The van der Waals surface area contributed by atoms with Gasteiger partial charge >= 0.3 is 0 Å². The third kappa shape index (κ3) is 4.28. The molecule has 0 aromatic heterocycles. The number of aryl methyl sites for hydroxylation is 2. The molecule has 0 heterocycles. The lowest BCUT2D eigenvalue weighted by Crippen LogP contribution is -2.52. The van der Waals surface area contributed by atoms with Crippen LogP contribution in [0.5, 0.6) is 0 Å². The van der Waals surface area contributed by atoms with Crippen molar-refractivity contribution < 1.29 is 0 Å². The van der Waals surface area contributed by atoms with Gasteiger partial charge in [-0.3, -0.25) is 0 Å². The summed E-state index contributed by atoms with van der Waals surface area (Å²) in [6.45, 7) is 0. The van der Waals surface area contributed by atoms with Gasteiger partial charge in [0.25, 0.3) is 0 Å². The van der Waals surface area contributed by atoms with Crippen LogP contribution >= 0.6 is 69.6 Å². The molecule has 0 bridgehead atoms. The van der Waals surface area contributed by atoms with Gasteiger partial charge in [-0.1, -0.05) is 24.3 Å². The molecule has 0 spiro atoms. The van der Waals surface area contributed by atoms with Crippen LogP contribution in [0.3, 0.4) is 0 Å². The first kappa shape index (κ1) is 18.3. The van der Waals surface area contributed by atoms with E-state index >= 15 is 0 Å². The van der Waals surface area contributed by atoms with Crippen molar-refractivity contribution in [2.24, 2.45) is 0 Å². The normalized spacial score (nSPS) is 38.4.